The van der Waals surface area contributed by atoms with Crippen molar-refractivity contribution in [2.75, 3.05) is 7.11 Å². The van der Waals surface area contributed by atoms with E-state index >= 15 is 0 Å². The maximum absolute atomic E-state index is 13.3. The van der Waals surface area contributed by atoms with Gasteiger partial charge in [0.15, 0.2) is 0 Å². The summed E-state index contributed by atoms with van der Waals surface area (Å²) in [5, 5.41) is 11.4. The number of likely N-dealkylation sites (tertiary alicyclic amines) is 1. The molecule has 1 aliphatic heterocycles. The third-order valence-corrected chi connectivity index (χ3v) is 6.40. The Kier molecular flexibility index (Phi) is 6.48. The number of amides is 1. The smallest absolute Gasteiger partial charge is 0.295 e. The summed E-state index contributed by atoms with van der Waals surface area (Å²) >= 11 is 0. The first-order valence-corrected chi connectivity index (χ1v) is 11.5. The predicted octanol–water partition coefficient (Wildman–Crippen LogP) is 5.32. The van der Waals surface area contributed by atoms with Crippen molar-refractivity contribution in [1.82, 2.24) is 9.88 Å². The van der Waals surface area contributed by atoms with E-state index in [4.69, 9.17) is 4.74 Å². The average molecular weight is 471 g/mol. The third-order valence-electron chi connectivity index (χ3n) is 6.40. The predicted molar refractivity (Wildman–Crippen MR) is 135 cm³/mol. The zero-order valence-electron chi connectivity index (χ0n) is 20.7. The van der Waals surface area contributed by atoms with Crippen LogP contribution in [0.4, 0.5) is 0 Å². The van der Waals surface area contributed by atoms with Crippen LogP contribution in [-0.4, -0.2) is 33.8 Å². The number of aliphatic hydroxyl groups excluding tert-OH is 1. The molecule has 4 rings (SSSR count). The summed E-state index contributed by atoms with van der Waals surface area (Å²) < 4.78 is 5.27. The minimum absolute atomic E-state index is 0.0454. The van der Waals surface area contributed by atoms with Gasteiger partial charge in [-0.25, -0.2) is 0 Å². The van der Waals surface area contributed by atoms with Crippen molar-refractivity contribution in [3.63, 3.8) is 0 Å². The van der Waals surface area contributed by atoms with E-state index in [2.05, 4.69) is 25.8 Å². The van der Waals surface area contributed by atoms with Crippen molar-refractivity contribution in [1.29, 1.82) is 0 Å². The first kappa shape index (κ1) is 24.2. The van der Waals surface area contributed by atoms with Crippen LogP contribution in [0, 0.1) is 6.92 Å². The normalized spacial score (nSPS) is 17.6. The van der Waals surface area contributed by atoms with Gasteiger partial charge in [0, 0.05) is 24.5 Å². The van der Waals surface area contributed by atoms with Gasteiger partial charge < -0.3 is 14.7 Å². The highest BCUT2D eigenvalue weighted by molar-refractivity contribution is 6.46. The molecule has 1 atom stereocenters. The highest BCUT2D eigenvalue weighted by Gasteiger charge is 2.46. The molecule has 0 unspecified atom stereocenters. The summed E-state index contributed by atoms with van der Waals surface area (Å²) in [6, 6.07) is 16.0. The van der Waals surface area contributed by atoms with E-state index in [9.17, 15) is 14.7 Å². The van der Waals surface area contributed by atoms with E-state index in [1.807, 2.05) is 37.3 Å². The minimum Gasteiger partial charge on any atom is -0.507 e. The highest BCUT2D eigenvalue weighted by Crippen LogP contribution is 2.41. The van der Waals surface area contributed by atoms with Crippen molar-refractivity contribution in [2.45, 2.75) is 45.7 Å². The first-order chi connectivity index (χ1) is 16.6. The molecule has 1 N–H and O–H groups in total. The lowest BCUT2D eigenvalue weighted by atomic mass is 9.85. The van der Waals surface area contributed by atoms with E-state index in [1.54, 1.807) is 43.8 Å². The van der Waals surface area contributed by atoms with Gasteiger partial charge in [-0.2, -0.15) is 0 Å². The number of hydrogen-bond acceptors (Lipinski definition) is 5. The molecule has 35 heavy (non-hydrogen) atoms. The molecule has 1 saturated heterocycles. The Balaban J connectivity index is 1.87. The number of pyridine rings is 1. The first-order valence-electron chi connectivity index (χ1n) is 11.5. The maximum Gasteiger partial charge on any atom is 0.295 e. The Bertz CT molecular complexity index is 1290. The number of nitrogens with zero attached hydrogens (tertiary/aromatic N) is 2. The standard InChI is InChI=1S/C29H30N2O4/c1-18-15-22(35-5)12-13-23(18)26(32)24-25(20-8-10-21(11-9-20)29(2,3)4)31(28(34)27(24)33)17-19-7-6-14-30-16-19/h6-16,25,32H,17H2,1-5H3/t25-/m1/s1. The number of hydrogen-bond donors (Lipinski definition) is 1. The van der Waals surface area contributed by atoms with Crippen LogP contribution < -0.4 is 4.74 Å². The molecule has 6 heteroatoms. The number of aryl methyl sites for hydroxylation is 1. The zero-order chi connectivity index (χ0) is 25.3. The Hall–Kier alpha value is -3.93. The van der Waals surface area contributed by atoms with Crippen molar-refractivity contribution < 1.29 is 19.4 Å². The minimum atomic E-state index is -0.731. The second-order valence-electron chi connectivity index (χ2n) is 9.84. The molecule has 0 spiro atoms. The second kappa shape index (κ2) is 9.37. The number of benzene rings is 2. The number of Topliss-reactive ketones (excluding diaryl/α,β-unsaturated/α-hetero) is 1. The zero-order valence-corrected chi connectivity index (χ0v) is 20.7. The van der Waals surface area contributed by atoms with Gasteiger partial charge in [-0.15, -0.1) is 0 Å². The summed E-state index contributed by atoms with van der Waals surface area (Å²) in [5.41, 5.74) is 3.95. The number of methoxy groups -OCH3 is 1. The van der Waals surface area contributed by atoms with Gasteiger partial charge in [0.2, 0.25) is 0 Å². The molecule has 2 heterocycles. The Morgan fingerprint density at radius 1 is 1.09 bits per heavy atom. The third kappa shape index (κ3) is 4.69. The van der Waals surface area contributed by atoms with Gasteiger partial charge in [0.05, 0.1) is 18.7 Å². The van der Waals surface area contributed by atoms with Gasteiger partial charge in [-0.05, 0) is 58.9 Å². The van der Waals surface area contributed by atoms with Crippen molar-refractivity contribution in [3.05, 3.63) is 100 Å². The van der Waals surface area contributed by atoms with Crippen LogP contribution in [0.5, 0.6) is 5.75 Å². The summed E-state index contributed by atoms with van der Waals surface area (Å²) in [5.74, 6) is -0.898. The van der Waals surface area contributed by atoms with Crippen LogP contribution in [0.25, 0.3) is 5.76 Å². The molecule has 6 nitrogen and oxygen atoms in total. The number of ether oxygens (including phenoxy) is 1. The van der Waals surface area contributed by atoms with Gasteiger partial charge in [0.25, 0.3) is 11.7 Å². The lowest BCUT2D eigenvalue weighted by Gasteiger charge is -2.26. The molecule has 0 saturated carbocycles. The Labute approximate surface area is 205 Å². The van der Waals surface area contributed by atoms with Crippen molar-refractivity contribution in [2.24, 2.45) is 0 Å². The van der Waals surface area contributed by atoms with Gasteiger partial charge >= 0.3 is 0 Å². The second-order valence-corrected chi connectivity index (χ2v) is 9.84. The van der Waals surface area contributed by atoms with E-state index in [0.29, 0.717) is 11.3 Å². The molecule has 0 aliphatic carbocycles. The number of rotatable bonds is 5. The Morgan fingerprint density at radius 2 is 1.80 bits per heavy atom. The molecule has 1 fully saturated rings. The van der Waals surface area contributed by atoms with Crippen molar-refractivity contribution in [3.8, 4) is 5.75 Å². The lowest BCUT2D eigenvalue weighted by Crippen LogP contribution is -2.29. The molecule has 2 aromatic carbocycles. The van der Waals surface area contributed by atoms with Gasteiger partial charge in [0.1, 0.15) is 11.5 Å². The summed E-state index contributed by atoms with van der Waals surface area (Å²) in [7, 11) is 1.57. The topological polar surface area (TPSA) is 79.7 Å². The van der Waals surface area contributed by atoms with E-state index in [0.717, 1.165) is 22.3 Å². The molecule has 0 radical (unpaired) electrons. The highest BCUT2D eigenvalue weighted by atomic mass is 16.5. The number of carbonyl (C=O) groups is 2. The van der Waals surface area contributed by atoms with Crippen LogP contribution in [0.15, 0.2) is 72.6 Å². The molecular weight excluding hydrogens is 440 g/mol. The lowest BCUT2D eigenvalue weighted by molar-refractivity contribution is -0.140. The maximum atomic E-state index is 13.3. The average Bonchev–Trinajstić information content (AvgIpc) is 3.08. The van der Waals surface area contributed by atoms with E-state index in [1.165, 1.54) is 4.90 Å². The van der Waals surface area contributed by atoms with Crippen LogP contribution in [0.3, 0.4) is 0 Å². The number of aromatic nitrogens is 1. The summed E-state index contributed by atoms with van der Waals surface area (Å²) in [6.45, 7) is 8.41. The van der Waals surface area contributed by atoms with Gasteiger partial charge in [-0.1, -0.05) is 51.1 Å². The number of aliphatic hydroxyl groups is 1. The number of carbonyl (C=O) groups excluding carboxylic acids is 2. The monoisotopic (exact) mass is 470 g/mol. The summed E-state index contributed by atoms with van der Waals surface area (Å²) in [6.07, 6.45) is 3.33. The summed E-state index contributed by atoms with van der Waals surface area (Å²) in [4.78, 5) is 32.2. The largest absolute Gasteiger partial charge is 0.507 e. The molecule has 3 aromatic rings. The van der Waals surface area contributed by atoms with Crippen molar-refractivity contribution >= 4 is 17.4 Å². The van der Waals surface area contributed by atoms with E-state index in [-0.39, 0.29) is 23.3 Å². The molecule has 180 valence electrons. The van der Waals surface area contributed by atoms with E-state index < -0.39 is 17.7 Å². The fourth-order valence-corrected chi connectivity index (χ4v) is 4.42. The fraction of sp³-hybridized carbons (Fsp3) is 0.276. The SMILES string of the molecule is COc1ccc(C(O)=C2C(=O)C(=O)N(Cc3cccnc3)[C@@H]2c2ccc(C(C)(C)C)cc2)c(C)c1. The fourth-order valence-electron chi connectivity index (χ4n) is 4.42. The van der Waals surface area contributed by atoms with Crippen LogP contribution in [-0.2, 0) is 21.5 Å². The van der Waals surface area contributed by atoms with Gasteiger partial charge in [-0.3, -0.25) is 14.6 Å². The van der Waals surface area contributed by atoms with Crippen LogP contribution >= 0.6 is 0 Å². The quantitative estimate of drug-likeness (QED) is 0.310. The Morgan fingerprint density at radius 3 is 2.37 bits per heavy atom. The molecule has 0 bridgehead atoms. The van der Waals surface area contributed by atoms with Crippen LogP contribution in [0.2, 0.25) is 0 Å². The van der Waals surface area contributed by atoms with Crippen LogP contribution in [0.1, 0.15) is 54.6 Å². The molecular formula is C29H30N2O4. The molecule has 1 aromatic heterocycles. The molecule has 1 aliphatic rings. The number of ketones is 1. The molecule has 1 amide bonds.